The summed E-state index contributed by atoms with van der Waals surface area (Å²) in [5, 5.41) is 11.8. The fourth-order valence-corrected chi connectivity index (χ4v) is 1.68. The van der Waals surface area contributed by atoms with Crippen LogP contribution in [0.4, 0.5) is 4.39 Å². The van der Waals surface area contributed by atoms with E-state index in [9.17, 15) is 14.3 Å². The van der Waals surface area contributed by atoms with E-state index in [4.69, 9.17) is 0 Å². The van der Waals surface area contributed by atoms with E-state index in [-0.39, 0.29) is 11.3 Å². The molecule has 0 unspecified atom stereocenters. The quantitative estimate of drug-likeness (QED) is 0.776. The summed E-state index contributed by atoms with van der Waals surface area (Å²) in [5.41, 5.74) is 0.454. The molecule has 0 heterocycles. The molecule has 17 heavy (non-hydrogen) atoms. The van der Waals surface area contributed by atoms with E-state index in [1.807, 2.05) is 0 Å². The van der Waals surface area contributed by atoms with Crippen molar-refractivity contribution in [2.75, 3.05) is 6.54 Å². The van der Waals surface area contributed by atoms with E-state index in [1.54, 1.807) is 6.92 Å². The first kappa shape index (κ1) is 13.5. The molecule has 0 spiro atoms. The molecule has 1 aromatic rings. The molecule has 1 rings (SSSR count). The number of aryl methyl sites for hydroxylation is 1. The van der Waals surface area contributed by atoms with Crippen molar-refractivity contribution >= 4 is 5.91 Å². The first-order valence-electron chi connectivity index (χ1n) is 5.83. The summed E-state index contributed by atoms with van der Waals surface area (Å²) < 4.78 is 13.5. The third-order valence-electron chi connectivity index (χ3n) is 2.57. The molecule has 0 aliphatic rings. The number of aromatic hydroxyl groups is 1. The summed E-state index contributed by atoms with van der Waals surface area (Å²) in [4.78, 5) is 11.7. The zero-order valence-electron chi connectivity index (χ0n) is 10.2. The number of amides is 1. The molecule has 0 aromatic heterocycles. The first-order chi connectivity index (χ1) is 8.06. The summed E-state index contributed by atoms with van der Waals surface area (Å²) >= 11 is 0. The number of carbonyl (C=O) groups excluding carboxylic acids is 1. The normalized spacial score (nSPS) is 10.3. The highest BCUT2D eigenvalue weighted by Gasteiger charge is 2.15. The number of carbonyl (C=O) groups is 1. The predicted molar refractivity (Wildman–Crippen MR) is 64.7 cm³/mol. The summed E-state index contributed by atoms with van der Waals surface area (Å²) in [5.74, 6) is -1.27. The van der Waals surface area contributed by atoms with Gasteiger partial charge in [0.2, 0.25) is 0 Å². The Morgan fingerprint density at radius 2 is 2.12 bits per heavy atom. The number of rotatable bonds is 5. The number of phenols is 1. The third-order valence-corrected chi connectivity index (χ3v) is 2.57. The Labute approximate surface area is 101 Å². The Balaban J connectivity index is 2.69. The summed E-state index contributed by atoms with van der Waals surface area (Å²) in [6.45, 7) is 4.22. The molecule has 0 aliphatic heterocycles. The Bertz CT molecular complexity index is 381. The molecule has 94 valence electrons. The maximum atomic E-state index is 13.5. The lowest BCUT2D eigenvalue weighted by molar-refractivity contribution is 0.0948. The maximum Gasteiger partial charge on any atom is 0.254 e. The van der Waals surface area contributed by atoms with Crippen LogP contribution in [0.2, 0.25) is 0 Å². The number of halogens is 1. The van der Waals surface area contributed by atoms with Gasteiger partial charge in [0.15, 0.2) is 0 Å². The lowest BCUT2D eigenvalue weighted by atomic mass is 10.1. The summed E-state index contributed by atoms with van der Waals surface area (Å²) in [6.07, 6.45) is 3.00. The van der Waals surface area contributed by atoms with Crippen molar-refractivity contribution < 1.29 is 14.3 Å². The molecule has 0 bridgehead atoms. The van der Waals surface area contributed by atoms with Crippen molar-refractivity contribution in [3.05, 3.63) is 29.1 Å². The van der Waals surface area contributed by atoms with Gasteiger partial charge in [0.1, 0.15) is 11.6 Å². The zero-order valence-corrected chi connectivity index (χ0v) is 10.2. The van der Waals surface area contributed by atoms with E-state index in [1.165, 1.54) is 6.07 Å². The average molecular weight is 239 g/mol. The first-order valence-corrected chi connectivity index (χ1v) is 5.83. The van der Waals surface area contributed by atoms with Gasteiger partial charge >= 0.3 is 0 Å². The van der Waals surface area contributed by atoms with Crippen molar-refractivity contribution in [3.8, 4) is 5.75 Å². The van der Waals surface area contributed by atoms with Crippen molar-refractivity contribution in [3.63, 3.8) is 0 Å². The largest absolute Gasteiger partial charge is 0.508 e. The van der Waals surface area contributed by atoms with Crippen LogP contribution in [-0.4, -0.2) is 17.6 Å². The minimum Gasteiger partial charge on any atom is -0.508 e. The van der Waals surface area contributed by atoms with Crippen LogP contribution in [0.3, 0.4) is 0 Å². The highest BCUT2D eigenvalue weighted by atomic mass is 19.1. The Hall–Kier alpha value is -1.58. The lowest BCUT2D eigenvalue weighted by Crippen LogP contribution is -2.26. The second-order valence-corrected chi connectivity index (χ2v) is 4.08. The van der Waals surface area contributed by atoms with Gasteiger partial charge in [-0.3, -0.25) is 4.79 Å². The number of hydrogen-bond acceptors (Lipinski definition) is 2. The van der Waals surface area contributed by atoms with Gasteiger partial charge in [0.05, 0.1) is 5.56 Å². The van der Waals surface area contributed by atoms with E-state index in [0.29, 0.717) is 12.1 Å². The van der Waals surface area contributed by atoms with Gasteiger partial charge in [-0.05, 0) is 25.0 Å². The topological polar surface area (TPSA) is 49.3 Å². The minimum absolute atomic E-state index is 0.0132. The fourth-order valence-electron chi connectivity index (χ4n) is 1.68. The van der Waals surface area contributed by atoms with Gasteiger partial charge in [0.25, 0.3) is 5.91 Å². The molecule has 0 fully saturated rings. The van der Waals surface area contributed by atoms with Crippen LogP contribution in [0, 0.1) is 12.7 Å². The van der Waals surface area contributed by atoms with Gasteiger partial charge in [-0.1, -0.05) is 19.8 Å². The highest BCUT2D eigenvalue weighted by Crippen LogP contribution is 2.19. The highest BCUT2D eigenvalue weighted by molar-refractivity contribution is 5.96. The molecule has 1 aromatic carbocycles. The summed E-state index contributed by atoms with van der Waals surface area (Å²) in [7, 11) is 0. The Morgan fingerprint density at radius 3 is 2.71 bits per heavy atom. The SMILES string of the molecule is CCCCCNC(=O)c1c(C)cc(O)cc1F. The molecule has 0 saturated carbocycles. The molecule has 2 N–H and O–H groups in total. The smallest absolute Gasteiger partial charge is 0.254 e. The van der Waals surface area contributed by atoms with Gasteiger partial charge in [-0.2, -0.15) is 0 Å². The Morgan fingerprint density at radius 1 is 1.41 bits per heavy atom. The second kappa shape index (κ2) is 6.23. The zero-order chi connectivity index (χ0) is 12.8. The van der Waals surface area contributed by atoms with Gasteiger partial charge in [0, 0.05) is 12.6 Å². The molecule has 0 aliphatic carbocycles. The number of benzene rings is 1. The van der Waals surface area contributed by atoms with Crippen LogP contribution in [0.15, 0.2) is 12.1 Å². The van der Waals surface area contributed by atoms with Crippen LogP contribution < -0.4 is 5.32 Å². The van der Waals surface area contributed by atoms with Crippen molar-refractivity contribution in [2.45, 2.75) is 33.1 Å². The lowest BCUT2D eigenvalue weighted by Gasteiger charge is -2.09. The molecule has 1 amide bonds. The second-order valence-electron chi connectivity index (χ2n) is 4.08. The molecule has 0 radical (unpaired) electrons. The van der Waals surface area contributed by atoms with Gasteiger partial charge in [-0.25, -0.2) is 4.39 Å². The minimum atomic E-state index is -0.685. The molecular weight excluding hydrogens is 221 g/mol. The number of hydrogen-bond donors (Lipinski definition) is 2. The summed E-state index contributed by atoms with van der Waals surface area (Å²) in [6, 6.07) is 2.33. The Kier molecular flexibility index (Phi) is 4.94. The molecule has 0 atom stereocenters. The molecule has 3 nitrogen and oxygen atoms in total. The average Bonchev–Trinajstić information content (AvgIpc) is 2.23. The number of phenolic OH excluding ortho intramolecular Hbond substituents is 1. The van der Waals surface area contributed by atoms with E-state index in [2.05, 4.69) is 12.2 Å². The molecular formula is C13H18FNO2. The van der Waals surface area contributed by atoms with Crippen LogP contribution in [0.1, 0.15) is 42.1 Å². The van der Waals surface area contributed by atoms with Crippen LogP contribution in [0.25, 0.3) is 0 Å². The number of nitrogens with one attached hydrogen (secondary N) is 1. The standard InChI is InChI=1S/C13H18FNO2/c1-3-4-5-6-15-13(17)12-9(2)7-10(16)8-11(12)14/h7-8,16H,3-6H2,1-2H3,(H,15,17). The molecule has 4 heteroatoms. The maximum absolute atomic E-state index is 13.5. The van der Waals surface area contributed by atoms with Gasteiger partial charge < -0.3 is 10.4 Å². The van der Waals surface area contributed by atoms with E-state index in [0.717, 1.165) is 25.3 Å². The number of unbranched alkanes of at least 4 members (excludes halogenated alkanes) is 2. The fraction of sp³-hybridized carbons (Fsp3) is 0.462. The van der Waals surface area contributed by atoms with Crippen molar-refractivity contribution in [1.82, 2.24) is 5.32 Å². The van der Waals surface area contributed by atoms with Crippen LogP contribution in [0.5, 0.6) is 5.75 Å². The van der Waals surface area contributed by atoms with Gasteiger partial charge in [-0.15, -0.1) is 0 Å². The van der Waals surface area contributed by atoms with Crippen molar-refractivity contribution in [2.24, 2.45) is 0 Å². The van der Waals surface area contributed by atoms with Crippen LogP contribution in [-0.2, 0) is 0 Å². The van der Waals surface area contributed by atoms with E-state index < -0.39 is 11.7 Å². The molecule has 0 saturated heterocycles. The predicted octanol–water partition coefficient (Wildman–Crippen LogP) is 2.76. The van der Waals surface area contributed by atoms with E-state index >= 15 is 0 Å². The third kappa shape index (κ3) is 3.73. The van der Waals surface area contributed by atoms with Crippen molar-refractivity contribution in [1.29, 1.82) is 0 Å². The van der Waals surface area contributed by atoms with Crippen LogP contribution >= 0.6 is 0 Å². The monoisotopic (exact) mass is 239 g/mol.